The lowest BCUT2D eigenvalue weighted by atomic mass is 9.85. The third-order valence-corrected chi connectivity index (χ3v) is 4.06. The third-order valence-electron chi connectivity index (χ3n) is 4.06. The average molecular weight is 284 g/mol. The highest BCUT2D eigenvalue weighted by atomic mass is 16.2. The average Bonchev–Trinajstić information content (AvgIpc) is 2.60. The smallest absolute Gasteiger partial charge is 0.247 e. The van der Waals surface area contributed by atoms with Crippen LogP contribution in [-0.2, 0) is 9.59 Å². The van der Waals surface area contributed by atoms with Crippen molar-refractivity contribution in [1.29, 1.82) is 0 Å². The quantitative estimate of drug-likeness (QED) is 0.846. The fraction of sp³-hybridized carbons (Fsp3) is 0.412. The number of rotatable bonds is 2. The molecule has 0 radical (unpaired) electrons. The van der Waals surface area contributed by atoms with E-state index in [-0.39, 0.29) is 23.8 Å². The lowest BCUT2D eigenvalue weighted by Crippen LogP contribution is -2.48. The van der Waals surface area contributed by atoms with Gasteiger partial charge in [-0.2, -0.15) is 0 Å². The summed E-state index contributed by atoms with van der Waals surface area (Å²) >= 11 is 0. The molecule has 0 aliphatic carbocycles. The Bertz CT molecular complexity index is 607. The number of nitrogens with one attached hydrogen (secondary N) is 1. The molecule has 4 nitrogen and oxygen atoms in total. The van der Waals surface area contributed by atoms with Gasteiger partial charge >= 0.3 is 0 Å². The molecule has 2 aliphatic heterocycles. The van der Waals surface area contributed by atoms with E-state index in [2.05, 4.69) is 17.5 Å². The predicted octanol–water partition coefficient (Wildman–Crippen LogP) is 2.14. The van der Waals surface area contributed by atoms with Gasteiger partial charge < -0.3 is 10.2 Å². The first-order chi connectivity index (χ1) is 10.1. The molecule has 0 aromatic heterocycles. The van der Waals surface area contributed by atoms with Gasteiger partial charge in [-0.3, -0.25) is 9.59 Å². The first-order valence-electron chi connectivity index (χ1n) is 7.43. The molecule has 1 aromatic rings. The van der Waals surface area contributed by atoms with Gasteiger partial charge in [0, 0.05) is 24.9 Å². The van der Waals surface area contributed by atoms with Crippen LogP contribution >= 0.6 is 0 Å². The molecule has 1 N–H and O–H groups in total. The van der Waals surface area contributed by atoms with E-state index in [1.807, 2.05) is 38.1 Å². The molecule has 2 bridgehead atoms. The second-order valence-corrected chi connectivity index (χ2v) is 5.98. The minimum absolute atomic E-state index is 0.0205. The molecular formula is C17H20N2O2. The maximum absolute atomic E-state index is 12.6. The Labute approximate surface area is 124 Å². The van der Waals surface area contributed by atoms with Crippen LogP contribution in [-0.4, -0.2) is 29.3 Å². The van der Waals surface area contributed by atoms with Crippen LogP contribution in [0, 0.1) is 0 Å². The van der Waals surface area contributed by atoms with Crippen LogP contribution in [0.3, 0.4) is 0 Å². The number of carbonyl (C=O) groups is 2. The van der Waals surface area contributed by atoms with E-state index in [0.29, 0.717) is 13.0 Å². The topological polar surface area (TPSA) is 49.4 Å². The normalized spacial score (nSPS) is 23.8. The molecule has 0 unspecified atom stereocenters. The van der Waals surface area contributed by atoms with E-state index in [4.69, 9.17) is 0 Å². The Hall–Kier alpha value is -2.10. The molecule has 110 valence electrons. The maximum atomic E-state index is 12.6. The molecule has 21 heavy (non-hydrogen) atoms. The fourth-order valence-corrected chi connectivity index (χ4v) is 3.19. The summed E-state index contributed by atoms with van der Waals surface area (Å²) in [7, 11) is 0. The van der Waals surface area contributed by atoms with E-state index in [1.165, 1.54) is 0 Å². The lowest BCUT2D eigenvalue weighted by molar-refractivity contribution is -0.141. The van der Waals surface area contributed by atoms with Crippen molar-refractivity contribution in [1.82, 2.24) is 10.2 Å². The minimum atomic E-state index is -0.507. The van der Waals surface area contributed by atoms with E-state index in [9.17, 15) is 9.59 Å². The summed E-state index contributed by atoms with van der Waals surface area (Å²) in [6.07, 6.45) is 4.38. The molecular weight excluding hydrogens is 264 g/mol. The number of hydrogen-bond acceptors (Lipinski definition) is 2. The number of hydrogen-bond donors (Lipinski definition) is 1. The van der Waals surface area contributed by atoms with Crippen molar-refractivity contribution < 1.29 is 9.59 Å². The van der Waals surface area contributed by atoms with Crippen molar-refractivity contribution in [3.63, 3.8) is 0 Å². The van der Waals surface area contributed by atoms with Crippen LogP contribution in [0.2, 0.25) is 0 Å². The zero-order chi connectivity index (χ0) is 15.0. The van der Waals surface area contributed by atoms with Crippen LogP contribution < -0.4 is 5.32 Å². The number of benzene rings is 1. The second-order valence-electron chi connectivity index (χ2n) is 5.98. The Morgan fingerprint density at radius 2 is 2.00 bits per heavy atom. The summed E-state index contributed by atoms with van der Waals surface area (Å²) in [6, 6.07) is 7.50. The third kappa shape index (κ3) is 2.46. The molecule has 0 spiro atoms. The Kier molecular flexibility index (Phi) is 3.53. The van der Waals surface area contributed by atoms with Gasteiger partial charge in [-0.1, -0.05) is 36.4 Å². The predicted molar refractivity (Wildman–Crippen MR) is 80.7 cm³/mol. The van der Waals surface area contributed by atoms with Crippen molar-refractivity contribution in [2.75, 3.05) is 6.54 Å². The van der Waals surface area contributed by atoms with Crippen LogP contribution in [0.1, 0.15) is 43.4 Å². The highest BCUT2D eigenvalue weighted by Gasteiger charge is 2.39. The molecule has 0 fully saturated rings. The number of fused-ring (bicyclic) bond motifs is 4. The Morgan fingerprint density at radius 3 is 2.71 bits per heavy atom. The molecule has 2 aliphatic rings. The van der Waals surface area contributed by atoms with Crippen LogP contribution in [0.15, 0.2) is 36.4 Å². The van der Waals surface area contributed by atoms with E-state index < -0.39 is 6.04 Å². The molecule has 1 aromatic carbocycles. The summed E-state index contributed by atoms with van der Waals surface area (Å²) in [6.45, 7) is 4.45. The Balaban J connectivity index is 2.07. The van der Waals surface area contributed by atoms with Gasteiger partial charge in [0.2, 0.25) is 11.8 Å². The molecule has 2 atom stereocenters. The van der Waals surface area contributed by atoms with Gasteiger partial charge in [0.1, 0.15) is 6.04 Å². The molecule has 0 saturated heterocycles. The second kappa shape index (κ2) is 5.35. The van der Waals surface area contributed by atoms with Gasteiger partial charge in [-0.25, -0.2) is 0 Å². The van der Waals surface area contributed by atoms with Gasteiger partial charge in [0.05, 0.1) is 0 Å². The van der Waals surface area contributed by atoms with Crippen LogP contribution in [0.4, 0.5) is 0 Å². The van der Waals surface area contributed by atoms with Crippen molar-refractivity contribution in [3.05, 3.63) is 47.5 Å². The fourth-order valence-electron chi connectivity index (χ4n) is 3.19. The zero-order valence-electron chi connectivity index (χ0n) is 12.4. The Morgan fingerprint density at radius 1 is 1.29 bits per heavy atom. The zero-order valence-corrected chi connectivity index (χ0v) is 12.4. The standard InChI is InChI=1S/C17H20N2O2/c1-11(2)18-17(21)16-14-8-4-3-7-13(14)12-6-5-9-15(20)19(16)10-12/h3-8,11-12,16H,9-10H2,1-2H3,(H,18,21)/t12-,16-/m0/s1. The van der Waals surface area contributed by atoms with Crippen LogP contribution in [0.25, 0.3) is 0 Å². The monoisotopic (exact) mass is 284 g/mol. The lowest BCUT2D eigenvalue weighted by Gasteiger charge is -2.38. The highest BCUT2D eigenvalue weighted by Crippen LogP contribution is 2.38. The van der Waals surface area contributed by atoms with Crippen molar-refractivity contribution >= 4 is 11.8 Å². The number of carbonyl (C=O) groups excluding carboxylic acids is 2. The SMILES string of the molecule is CC(C)NC(=O)[C@@H]1c2ccccc2[C@H]2C=CCC(=O)N1C2. The van der Waals surface area contributed by atoms with E-state index >= 15 is 0 Å². The van der Waals surface area contributed by atoms with E-state index in [1.54, 1.807) is 4.90 Å². The molecule has 4 heteroatoms. The molecule has 2 heterocycles. The minimum Gasteiger partial charge on any atom is -0.352 e. The maximum Gasteiger partial charge on any atom is 0.247 e. The summed E-state index contributed by atoms with van der Waals surface area (Å²) in [5.74, 6) is 0.119. The van der Waals surface area contributed by atoms with E-state index in [0.717, 1.165) is 11.1 Å². The first kappa shape index (κ1) is 13.9. The van der Waals surface area contributed by atoms with Crippen molar-refractivity contribution in [3.8, 4) is 0 Å². The largest absolute Gasteiger partial charge is 0.352 e. The number of nitrogens with zero attached hydrogens (tertiary/aromatic N) is 1. The summed E-state index contributed by atoms with van der Waals surface area (Å²) in [4.78, 5) is 26.7. The summed E-state index contributed by atoms with van der Waals surface area (Å²) < 4.78 is 0. The van der Waals surface area contributed by atoms with Gasteiger partial charge in [0.15, 0.2) is 0 Å². The van der Waals surface area contributed by atoms with Crippen LogP contribution in [0.5, 0.6) is 0 Å². The molecule has 0 saturated carbocycles. The molecule has 3 rings (SSSR count). The van der Waals surface area contributed by atoms with Gasteiger partial charge in [0.25, 0.3) is 0 Å². The molecule has 2 amide bonds. The van der Waals surface area contributed by atoms with Crippen molar-refractivity contribution in [2.24, 2.45) is 0 Å². The van der Waals surface area contributed by atoms with Crippen molar-refractivity contribution in [2.45, 2.75) is 38.3 Å². The summed E-state index contributed by atoms with van der Waals surface area (Å²) in [5, 5.41) is 2.94. The number of amides is 2. The van der Waals surface area contributed by atoms with Gasteiger partial charge in [-0.15, -0.1) is 0 Å². The first-order valence-corrected chi connectivity index (χ1v) is 7.43. The summed E-state index contributed by atoms with van der Waals surface area (Å²) in [5.41, 5.74) is 2.11. The highest BCUT2D eigenvalue weighted by molar-refractivity contribution is 5.90. The van der Waals surface area contributed by atoms with Gasteiger partial charge in [-0.05, 0) is 25.0 Å².